The number of nitrogens with one attached hydrogen (secondary N) is 1. The molecule has 0 radical (unpaired) electrons. The number of carbonyl (C=O) groups excluding carboxylic acids is 2. The van der Waals surface area contributed by atoms with E-state index in [0.29, 0.717) is 19.4 Å². The van der Waals surface area contributed by atoms with Gasteiger partial charge >= 0.3 is 0 Å². The zero-order valence-electron chi connectivity index (χ0n) is 22.1. The predicted octanol–water partition coefficient (Wildman–Crippen LogP) is 4.76. The van der Waals surface area contributed by atoms with Crippen molar-refractivity contribution in [2.45, 2.75) is 46.1 Å². The Morgan fingerprint density at radius 2 is 1.84 bits per heavy atom. The molecule has 0 fully saturated rings. The Labute approximate surface area is 223 Å². The summed E-state index contributed by atoms with van der Waals surface area (Å²) in [4.78, 5) is 32.6. The summed E-state index contributed by atoms with van der Waals surface area (Å²) in [5, 5.41) is 2.94. The van der Waals surface area contributed by atoms with Gasteiger partial charge in [0.15, 0.2) is 6.61 Å². The third kappa shape index (κ3) is 5.72. The number of nitrogens with zero attached hydrogens (tertiary/aromatic N) is 3. The van der Waals surface area contributed by atoms with E-state index < -0.39 is 0 Å². The summed E-state index contributed by atoms with van der Waals surface area (Å²) in [6.45, 7) is 5.42. The van der Waals surface area contributed by atoms with Crippen molar-refractivity contribution in [3.05, 3.63) is 89.2 Å². The van der Waals surface area contributed by atoms with Crippen LogP contribution in [0.1, 0.15) is 35.4 Å². The molecule has 2 amide bonds. The zero-order valence-corrected chi connectivity index (χ0v) is 22.1. The average Bonchev–Trinajstić information content (AvgIpc) is 3.28. The quantitative estimate of drug-likeness (QED) is 0.330. The lowest BCUT2D eigenvalue weighted by molar-refractivity contribution is -0.123. The number of fused-ring (bicyclic) bond motifs is 2. The second-order valence-electron chi connectivity index (χ2n) is 9.89. The first-order chi connectivity index (χ1) is 18.5. The minimum Gasteiger partial charge on any atom is -0.483 e. The van der Waals surface area contributed by atoms with Crippen molar-refractivity contribution in [3.63, 3.8) is 0 Å². The van der Waals surface area contributed by atoms with Crippen molar-refractivity contribution in [1.82, 2.24) is 14.9 Å². The molecule has 0 saturated carbocycles. The van der Waals surface area contributed by atoms with Crippen molar-refractivity contribution in [2.75, 3.05) is 24.6 Å². The Morgan fingerprint density at radius 3 is 2.74 bits per heavy atom. The van der Waals surface area contributed by atoms with Crippen molar-refractivity contribution in [2.24, 2.45) is 0 Å². The summed E-state index contributed by atoms with van der Waals surface area (Å²) in [6.07, 6.45) is 3.32. The molecule has 5 rings (SSSR count). The summed E-state index contributed by atoms with van der Waals surface area (Å²) in [6, 6.07) is 22.0. The van der Waals surface area contributed by atoms with Gasteiger partial charge in [-0.2, -0.15) is 0 Å². The monoisotopic (exact) mass is 510 g/mol. The van der Waals surface area contributed by atoms with Crippen molar-refractivity contribution < 1.29 is 14.3 Å². The Kier molecular flexibility index (Phi) is 7.73. The van der Waals surface area contributed by atoms with E-state index in [1.807, 2.05) is 84.0 Å². The molecule has 38 heavy (non-hydrogen) atoms. The number of aryl methyl sites for hydroxylation is 4. The highest BCUT2D eigenvalue weighted by Crippen LogP contribution is 2.27. The van der Waals surface area contributed by atoms with Gasteiger partial charge in [0.2, 0.25) is 5.91 Å². The van der Waals surface area contributed by atoms with Crippen LogP contribution in [0.4, 0.5) is 5.69 Å². The highest BCUT2D eigenvalue weighted by molar-refractivity contribution is 5.95. The molecule has 196 valence electrons. The summed E-state index contributed by atoms with van der Waals surface area (Å²) >= 11 is 0. The van der Waals surface area contributed by atoms with Crippen LogP contribution in [0.3, 0.4) is 0 Å². The lowest BCUT2D eigenvalue weighted by Gasteiger charge is -2.29. The first-order valence-electron chi connectivity index (χ1n) is 13.3. The van der Waals surface area contributed by atoms with Gasteiger partial charge in [-0.1, -0.05) is 42.5 Å². The third-order valence-electron chi connectivity index (χ3n) is 7.04. The lowest BCUT2D eigenvalue weighted by atomic mass is 10.0. The van der Waals surface area contributed by atoms with Crippen molar-refractivity contribution in [1.29, 1.82) is 0 Å². The molecule has 1 aromatic heterocycles. The molecule has 7 heteroatoms. The molecule has 3 aromatic carbocycles. The Bertz CT molecular complexity index is 1460. The number of amides is 2. The van der Waals surface area contributed by atoms with Gasteiger partial charge < -0.3 is 19.5 Å². The number of hydrogen-bond acceptors (Lipinski definition) is 4. The number of rotatable bonds is 9. The van der Waals surface area contributed by atoms with Crippen LogP contribution in [-0.2, 0) is 29.0 Å². The van der Waals surface area contributed by atoms with Gasteiger partial charge in [-0.3, -0.25) is 9.59 Å². The molecule has 7 nitrogen and oxygen atoms in total. The van der Waals surface area contributed by atoms with E-state index in [2.05, 4.69) is 11.4 Å². The van der Waals surface area contributed by atoms with E-state index in [4.69, 9.17) is 9.72 Å². The molecule has 0 unspecified atom stereocenters. The summed E-state index contributed by atoms with van der Waals surface area (Å²) in [5.41, 5.74) is 6.16. The summed E-state index contributed by atoms with van der Waals surface area (Å²) in [7, 11) is 0. The van der Waals surface area contributed by atoms with Crippen LogP contribution in [0.5, 0.6) is 5.75 Å². The highest BCUT2D eigenvalue weighted by Gasteiger charge is 2.24. The van der Waals surface area contributed by atoms with Crippen molar-refractivity contribution >= 4 is 28.5 Å². The Balaban J connectivity index is 1.20. The number of anilines is 1. The second-order valence-corrected chi connectivity index (χ2v) is 9.89. The zero-order chi connectivity index (χ0) is 26.5. The minimum absolute atomic E-state index is 0.0192. The van der Waals surface area contributed by atoms with E-state index in [1.165, 1.54) is 5.56 Å². The van der Waals surface area contributed by atoms with Gasteiger partial charge in [-0.15, -0.1) is 0 Å². The fourth-order valence-corrected chi connectivity index (χ4v) is 5.04. The largest absolute Gasteiger partial charge is 0.483 e. The van der Waals surface area contributed by atoms with Gasteiger partial charge in [-0.05, 0) is 74.1 Å². The molecule has 0 spiro atoms. The maximum absolute atomic E-state index is 13.5. The first kappa shape index (κ1) is 25.5. The Morgan fingerprint density at radius 1 is 1.03 bits per heavy atom. The molecule has 0 saturated heterocycles. The maximum atomic E-state index is 13.5. The molecule has 2 heterocycles. The van der Waals surface area contributed by atoms with Crippen LogP contribution >= 0.6 is 0 Å². The minimum atomic E-state index is -0.154. The number of ether oxygens (including phenoxy) is 1. The van der Waals surface area contributed by atoms with Crippen LogP contribution in [0.2, 0.25) is 0 Å². The van der Waals surface area contributed by atoms with Crippen LogP contribution in [0, 0.1) is 13.8 Å². The molecule has 0 bridgehead atoms. The summed E-state index contributed by atoms with van der Waals surface area (Å²) in [5.74, 6) is 1.50. The fourth-order valence-electron chi connectivity index (χ4n) is 5.04. The fraction of sp³-hybridized carbons (Fsp3) is 0.323. The number of carbonyl (C=O) groups is 2. The normalized spacial score (nSPS) is 12.8. The van der Waals surface area contributed by atoms with Gasteiger partial charge in [-0.25, -0.2) is 4.98 Å². The van der Waals surface area contributed by atoms with Crippen molar-refractivity contribution in [3.8, 4) is 5.75 Å². The van der Waals surface area contributed by atoms with Gasteiger partial charge in [0.05, 0.1) is 11.0 Å². The molecule has 1 aliphatic rings. The third-order valence-corrected chi connectivity index (χ3v) is 7.04. The second kappa shape index (κ2) is 11.5. The first-order valence-corrected chi connectivity index (χ1v) is 13.3. The molecule has 1 N–H and O–H groups in total. The molecule has 0 atom stereocenters. The van der Waals surface area contributed by atoms with Gasteiger partial charge in [0.25, 0.3) is 5.91 Å². The lowest BCUT2D eigenvalue weighted by Crippen LogP contribution is -2.38. The average molecular weight is 511 g/mol. The number of imidazole rings is 1. The van der Waals surface area contributed by atoms with Crippen LogP contribution in [0.25, 0.3) is 11.0 Å². The maximum Gasteiger partial charge on any atom is 0.257 e. The molecule has 0 aliphatic carbocycles. The van der Waals surface area contributed by atoms with E-state index >= 15 is 0 Å². The number of para-hydroxylation sites is 3. The SMILES string of the molecule is Cc1ccc(C)c(OCC(=O)NCCCc2nc3ccccc3n2CC(=O)N2CCCc3ccccc32)c1. The van der Waals surface area contributed by atoms with Crippen LogP contribution in [-0.4, -0.2) is 41.1 Å². The summed E-state index contributed by atoms with van der Waals surface area (Å²) < 4.78 is 7.74. The standard InChI is InChI=1S/C31H34N4O3/c1-22-15-16-23(2)28(19-22)38-21-30(36)32-17-7-14-29-33-25-11-4-6-13-27(25)35(29)20-31(37)34-18-8-10-24-9-3-5-12-26(24)34/h3-6,9,11-13,15-16,19H,7-8,10,14,17-18,20-21H2,1-2H3,(H,32,36). The molecular weight excluding hydrogens is 476 g/mol. The predicted molar refractivity (Wildman–Crippen MR) is 150 cm³/mol. The topological polar surface area (TPSA) is 76.5 Å². The molecule has 1 aliphatic heterocycles. The van der Waals surface area contributed by atoms with E-state index in [-0.39, 0.29) is 25.0 Å². The van der Waals surface area contributed by atoms with Crippen LogP contribution in [0.15, 0.2) is 66.7 Å². The Hall–Kier alpha value is -4.13. The molecule has 4 aromatic rings. The highest BCUT2D eigenvalue weighted by atomic mass is 16.5. The van der Waals surface area contributed by atoms with E-state index in [1.54, 1.807) is 0 Å². The molecular formula is C31H34N4O3. The number of aromatic nitrogens is 2. The number of hydrogen-bond donors (Lipinski definition) is 1. The van der Waals surface area contributed by atoms with Gasteiger partial charge in [0.1, 0.15) is 18.1 Å². The van der Waals surface area contributed by atoms with Crippen LogP contribution < -0.4 is 15.0 Å². The smallest absolute Gasteiger partial charge is 0.257 e. The van der Waals surface area contributed by atoms with E-state index in [0.717, 1.165) is 58.8 Å². The number of benzene rings is 3. The van der Waals surface area contributed by atoms with Gasteiger partial charge in [0, 0.05) is 25.2 Å². The van der Waals surface area contributed by atoms with E-state index in [9.17, 15) is 9.59 Å².